The number of nitrogens with zero attached hydrogens (tertiary/aromatic N) is 1. The molecule has 3 unspecified atom stereocenters. The van der Waals surface area contributed by atoms with Crippen LogP contribution in [0.4, 0.5) is 0 Å². The Bertz CT molecular complexity index is 1280. The highest BCUT2D eigenvalue weighted by atomic mass is 16.5. The van der Waals surface area contributed by atoms with Crippen LogP contribution in [0, 0.1) is 5.92 Å². The SMILES string of the molecule is COc1cc(CCC(=O)CC(=O)C2C=Cc3[n-]ccc3C2CC(O)CCc2cccc(O)c2)ccc1O. The number of aliphatic hydroxyl groups excluding tert-OH is 1. The lowest BCUT2D eigenvalue weighted by molar-refractivity contribution is -0.128. The minimum atomic E-state index is -0.655. The number of ketones is 2. The van der Waals surface area contributed by atoms with Gasteiger partial charge in [-0.1, -0.05) is 42.0 Å². The molecule has 1 aliphatic carbocycles. The third-order valence-corrected chi connectivity index (χ3v) is 6.94. The Morgan fingerprint density at radius 1 is 1.05 bits per heavy atom. The monoisotopic (exact) mass is 502 g/mol. The molecule has 7 heteroatoms. The van der Waals surface area contributed by atoms with E-state index in [1.54, 1.807) is 36.5 Å². The van der Waals surface area contributed by atoms with Gasteiger partial charge in [0.2, 0.25) is 0 Å². The summed E-state index contributed by atoms with van der Waals surface area (Å²) in [7, 11) is 1.47. The fourth-order valence-corrected chi connectivity index (χ4v) is 4.96. The maximum atomic E-state index is 13.3. The Balaban J connectivity index is 1.37. The summed E-state index contributed by atoms with van der Waals surface area (Å²) in [4.78, 5) is 30.3. The number of aryl methyl sites for hydroxylation is 2. The minimum absolute atomic E-state index is 0.0355. The van der Waals surface area contributed by atoms with E-state index in [1.807, 2.05) is 24.3 Å². The number of aliphatic hydroxyl groups is 1. The predicted molar refractivity (Wildman–Crippen MR) is 140 cm³/mol. The van der Waals surface area contributed by atoms with E-state index in [4.69, 9.17) is 4.74 Å². The van der Waals surface area contributed by atoms with Crippen LogP contribution in [0.25, 0.3) is 6.08 Å². The van der Waals surface area contributed by atoms with E-state index in [-0.39, 0.29) is 41.8 Å². The van der Waals surface area contributed by atoms with Crippen LogP contribution in [0.1, 0.15) is 54.0 Å². The van der Waals surface area contributed by atoms with Gasteiger partial charge in [0, 0.05) is 12.3 Å². The van der Waals surface area contributed by atoms with E-state index in [2.05, 4.69) is 4.98 Å². The molecule has 4 rings (SSSR count). The first-order valence-electron chi connectivity index (χ1n) is 12.5. The summed E-state index contributed by atoms with van der Waals surface area (Å²) in [5.74, 6) is -0.516. The Morgan fingerprint density at radius 2 is 1.86 bits per heavy atom. The van der Waals surface area contributed by atoms with Crippen LogP contribution >= 0.6 is 0 Å². The summed E-state index contributed by atoms with van der Waals surface area (Å²) in [5.41, 5.74) is 3.48. The van der Waals surface area contributed by atoms with Gasteiger partial charge in [-0.3, -0.25) is 9.59 Å². The van der Waals surface area contributed by atoms with E-state index in [1.165, 1.54) is 13.2 Å². The van der Waals surface area contributed by atoms with Gasteiger partial charge in [-0.15, -0.1) is 5.69 Å². The molecule has 3 aromatic rings. The van der Waals surface area contributed by atoms with E-state index in [0.717, 1.165) is 22.4 Å². The first-order chi connectivity index (χ1) is 17.8. The van der Waals surface area contributed by atoms with Crippen LogP contribution in [0.3, 0.4) is 0 Å². The Morgan fingerprint density at radius 3 is 2.65 bits per heavy atom. The van der Waals surface area contributed by atoms with Crippen molar-refractivity contribution in [2.75, 3.05) is 7.11 Å². The number of Topliss-reactive ketones (excluding diaryl/α,β-unsaturated/α-hetero) is 2. The van der Waals surface area contributed by atoms with Gasteiger partial charge in [0.05, 0.1) is 19.6 Å². The molecule has 0 radical (unpaired) electrons. The number of carbonyl (C=O) groups is 2. The van der Waals surface area contributed by atoms with Crippen molar-refractivity contribution in [2.45, 2.75) is 50.5 Å². The number of aromatic nitrogens is 1. The summed E-state index contributed by atoms with van der Waals surface area (Å²) >= 11 is 0. The number of phenolic OH excluding ortho intramolecular Hbond substituents is 2. The van der Waals surface area contributed by atoms with Crippen molar-refractivity contribution >= 4 is 17.6 Å². The van der Waals surface area contributed by atoms with E-state index in [9.17, 15) is 24.9 Å². The maximum Gasteiger partial charge on any atom is 0.160 e. The highest BCUT2D eigenvalue weighted by Crippen LogP contribution is 2.38. The van der Waals surface area contributed by atoms with Crippen LogP contribution in [-0.2, 0) is 22.4 Å². The van der Waals surface area contributed by atoms with Crippen molar-refractivity contribution in [3.05, 3.63) is 83.2 Å². The van der Waals surface area contributed by atoms with Gasteiger partial charge in [-0.25, -0.2) is 0 Å². The summed E-state index contributed by atoms with van der Waals surface area (Å²) in [6, 6.07) is 13.8. The fraction of sp³-hybridized carbons (Fsp3) is 0.333. The topological polar surface area (TPSA) is 118 Å². The van der Waals surface area contributed by atoms with Gasteiger partial charge in [0.25, 0.3) is 0 Å². The number of hydrogen-bond donors (Lipinski definition) is 3. The third kappa shape index (κ3) is 6.68. The van der Waals surface area contributed by atoms with Gasteiger partial charge in [-0.2, -0.15) is 6.20 Å². The number of methoxy groups -OCH3 is 1. The lowest BCUT2D eigenvalue weighted by atomic mass is 9.75. The van der Waals surface area contributed by atoms with Crippen LogP contribution in [0.15, 0.2) is 60.8 Å². The standard InChI is InChI=1S/C30H32NO6/c1-37-30-16-20(7-12-28(30)35)6-9-23(34)18-29(36)25-10-11-27-24(13-14-31-27)26(25)17-22(33)8-5-19-3-2-4-21(32)15-19/h2-4,7,10-16,22,25-26,32-33,35H,5-6,8-9,17-18H2,1H3/q-1. The van der Waals surface area contributed by atoms with Crippen LogP contribution < -0.4 is 9.72 Å². The number of benzene rings is 2. The van der Waals surface area contributed by atoms with Crippen molar-refractivity contribution in [3.8, 4) is 17.2 Å². The second-order valence-electron chi connectivity index (χ2n) is 9.56. The molecule has 194 valence electrons. The van der Waals surface area contributed by atoms with Gasteiger partial charge in [0.1, 0.15) is 17.3 Å². The molecule has 0 aliphatic heterocycles. The highest BCUT2D eigenvalue weighted by Gasteiger charge is 2.32. The zero-order chi connectivity index (χ0) is 26.4. The van der Waals surface area contributed by atoms with E-state index in [0.29, 0.717) is 31.4 Å². The van der Waals surface area contributed by atoms with Gasteiger partial charge < -0.3 is 25.0 Å². The van der Waals surface area contributed by atoms with Gasteiger partial charge in [0.15, 0.2) is 11.5 Å². The molecule has 3 N–H and O–H groups in total. The van der Waals surface area contributed by atoms with Crippen molar-refractivity contribution < 1.29 is 29.6 Å². The van der Waals surface area contributed by atoms with Crippen LogP contribution in [0.5, 0.6) is 17.2 Å². The molecule has 1 aromatic heterocycles. The summed E-state index contributed by atoms with van der Waals surface area (Å²) < 4.78 is 5.12. The van der Waals surface area contributed by atoms with Gasteiger partial charge in [-0.05, 0) is 67.0 Å². The van der Waals surface area contributed by atoms with Crippen molar-refractivity contribution in [1.29, 1.82) is 0 Å². The van der Waals surface area contributed by atoms with Gasteiger partial charge >= 0.3 is 0 Å². The molecule has 0 saturated carbocycles. The third-order valence-electron chi connectivity index (χ3n) is 6.94. The average molecular weight is 503 g/mol. The quantitative estimate of drug-likeness (QED) is 0.315. The molecule has 1 aliphatic rings. The second-order valence-corrected chi connectivity index (χ2v) is 9.56. The largest absolute Gasteiger partial charge is 0.664 e. The van der Waals surface area contributed by atoms with Crippen molar-refractivity contribution in [3.63, 3.8) is 0 Å². The van der Waals surface area contributed by atoms with E-state index < -0.39 is 12.0 Å². The molecular weight excluding hydrogens is 470 g/mol. The number of allylic oxidation sites excluding steroid dienone is 1. The first kappa shape index (κ1) is 26.2. The minimum Gasteiger partial charge on any atom is -0.664 e. The molecule has 1 heterocycles. The smallest absolute Gasteiger partial charge is 0.160 e. The number of aromatic hydroxyl groups is 2. The average Bonchev–Trinajstić information content (AvgIpc) is 3.36. The zero-order valence-electron chi connectivity index (χ0n) is 20.8. The molecule has 37 heavy (non-hydrogen) atoms. The first-order valence-corrected chi connectivity index (χ1v) is 12.5. The highest BCUT2D eigenvalue weighted by molar-refractivity contribution is 6.01. The van der Waals surface area contributed by atoms with E-state index >= 15 is 0 Å². The molecule has 7 nitrogen and oxygen atoms in total. The molecule has 0 spiro atoms. The molecule has 2 aromatic carbocycles. The number of hydrogen-bond acceptors (Lipinski definition) is 6. The number of rotatable bonds is 12. The van der Waals surface area contributed by atoms with Crippen molar-refractivity contribution in [2.24, 2.45) is 5.92 Å². The molecular formula is C30H32NO6-. The maximum absolute atomic E-state index is 13.3. The summed E-state index contributed by atoms with van der Waals surface area (Å²) in [6.07, 6.45) is 6.61. The fourth-order valence-electron chi connectivity index (χ4n) is 4.96. The lowest BCUT2D eigenvalue weighted by Gasteiger charge is -2.31. The predicted octanol–water partition coefficient (Wildman–Crippen LogP) is 4.34. The normalized spacial score (nSPS) is 17.2. The molecule has 0 amide bonds. The number of fused-ring (bicyclic) bond motifs is 1. The molecule has 0 bridgehead atoms. The number of ether oxygens (including phenoxy) is 1. The molecule has 0 fully saturated rings. The second kappa shape index (κ2) is 11.9. The lowest BCUT2D eigenvalue weighted by Crippen LogP contribution is -2.28. The Labute approximate surface area is 216 Å². The summed E-state index contributed by atoms with van der Waals surface area (Å²) in [5, 5.41) is 30.3. The van der Waals surface area contributed by atoms with Crippen LogP contribution in [0.2, 0.25) is 0 Å². The number of carbonyl (C=O) groups excluding carboxylic acids is 2. The summed E-state index contributed by atoms with van der Waals surface area (Å²) in [6.45, 7) is 0. The Hall–Kier alpha value is -3.84. The molecule has 0 saturated heterocycles. The zero-order valence-corrected chi connectivity index (χ0v) is 20.8. The van der Waals surface area contributed by atoms with Crippen LogP contribution in [-0.4, -0.2) is 40.1 Å². The number of phenols is 2. The van der Waals surface area contributed by atoms with Crippen molar-refractivity contribution in [1.82, 2.24) is 4.98 Å². The molecule has 3 atom stereocenters. The Kier molecular flexibility index (Phi) is 8.46.